The smallest absolute Gasteiger partial charge is 0.337 e. The first kappa shape index (κ1) is 16.1. The van der Waals surface area contributed by atoms with Crippen LogP contribution >= 0.6 is 11.6 Å². The summed E-state index contributed by atoms with van der Waals surface area (Å²) in [4.78, 5) is 15.5. The summed E-state index contributed by atoms with van der Waals surface area (Å²) < 4.78 is 5.50. The summed E-state index contributed by atoms with van der Waals surface area (Å²) >= 11 is 6.18. The van der Waals surface area contributed by atoms with Crippen LogP contribution in [0.15, 0.2) is 36.7 Å². The molecule has 0 spiro atoms. The Morgan fingerprint density at radius 3 is 3.08 bits per heavy atom. The molecule has 1 fully saturated rings. The average molecular weight is 361 g/mol. The van der Waals surface area contributed by atoms with Gasteiger partial charge in [-0.1, -0.05) is 11.6 Å². The molecule has 0 amide bonds. The van der Waals surface area contributed by atoms with Crippen LogP contribution in [0.5, 0.6) is 0 Å². The van der Waals surface area contributed by atoms with E-state index in [2.05, 4.69) is 20.7 Å². The number of aromatic carboxylic acids is 1. The van der Waals surface area contributed by atoms with Crippen LogP contribution in [0.3, 0.4) is 0 Å². The Hall–Kier alpha value is -2.35. The first-order valence-corrected chi connectivity index (χ1v) is 8.38. The molecule has 1 aromatic heterocycles. The van der Waals surface area contributed by atoms with Crippen LogP contribution in [-0.4, -0.2) is 35.3 Å². The van der Waals surface area contributed by atoms with Crippen molar-refractivity contribution in [1.29, 1.82) is 0 Å². The molecule has 0 aliphatic carbocycles. The number of hydrogen-bond acceptors (Lipinski definition) is 6. The number of nitrogens with zero attached hydrogens (tertiary/aromatic N) is 2. The zero-order chi connectivity index (χ0) is 17.4. The number of anilines is 2. The number of ether oxygens (including phenoxy) is 1. The third kappa shape index (κ3) is 3.02. The van der Waals surface area contributed by atoms with E-state index in [1.165, 1.54) is 18.5 Å². The highest BCUT2D eigenvalue weighted by atomic mass is 35.5. The van der Waals surface area contributed by atoms with Crippen molar-refractivity contribution in [3.8, 4) is 0 Å². The first-order valence-electron chi connectivity index (χ1n) is 8.00. The molecule has 2 aromatic rings. The SMILES string of the molecule is O=C(O)c1ccncc1NC1NN([C@H]2CCOC2)c2ccc(Cl)cc21. The Kier molecular flexibility index (Phi) is 4.20. The highest BCUT2D eigenvalue weighted by Crippen LogP contribution is 2.37. The molecule has 3 N–H and O–H groups in total. The molecule has 4 rings (SSSR count). The van der Waals surface area contributed by atoms with Crippen LogP contribution in [-0.2, 0) is 4.74 Å². The van der Waals surface area contributed by atoms with E-state index in [0.717, 1.165) is 24.3 Å². The van der Waals surface area contributed by atoms with Crippen molar-refractivity contribution in [3.05, 3.63) is 52.8 Å². The molecule has 0 saturated carbocycles. The van der Waals surface area contributed by atoms with Gasteiger partial charge in [0.05, 0.1) is 35.8 Å². The van der Waals surface area contributed by atoms with Gasteiger partial charge in [-0.25, -0.2) is 10.2 Å². The lowest BCUT2D eigenvalue weighted by Crippen LogP contribution is -2.44. The van der Waals surface area contributed by atoms with Crippen LogP contribution in [0.4, 0.5) is 11.4 Å². The Balaban J connectivity index is 1.67. The molecule has 1 unspecified atom stereocenters. The minimum absolute atomic E-state index is 0.169. The van der Waals surface area contributed by atoms with Crippen molar-refractivity contribution >= 4 is 28.9 Å². The fourth-order valence-electron chi connectivity index (χ4n) is 3.24. The highest BCUT2D eigenvalue weighted by molar-refractivity contribution is 6.30. The summed E-state index contributed by atoms with van der Waals surface area (Å²) in [6.45, 7) is 1.38. The molecule has 8 heteroatoms. The molecule has 1 saturated heterocycles. The molecule has 130 valence electrons. The number of hydrazine groups is 1. The Morgan fingerprint density at radius 1 is 1.44 bits per heavy atom. The second kappa shape index (κ2) is 6.51. The normalized spacial score (nSPS) is 22.0. The summed E-state index contributed by atoms with van der Waals surface area (Å²) in [5, 5.41) is 15.3. The van der Waals surface area contributed by atoms with Gasteiger partial charge in [0.25, 0.3) is 0 Å². The first-order chi connectivity index (χ1) is 12.1. The predicted octanol–water partition coefficient (Wildman–Crippen LogP) is 2.66. The molecule has 2 aliphatic heterocycles. The zero-order valence-electron chi connectivity index (χ0n) is 13.3. The predicted molar refractivity (Wildman–Crippen MR) is 93.9 cm³/mol. The average Bonchev–Trinajstić information content (AvgIpc) is 3.23. The number of pyridine rings is 1. The van der Waals surface area contributed by atoms with E-state index in [0.29, 0.717) is 17.3 Å². The second-order valence-electron chi connectivity index (χ2n) is 6.02. The maximum Gasteiger partial charge on any atom is 0.337 e. The second-order valence-corrected chi connectivity index (χ2v) is 6.46. The van der Waals surface area contributed by atoms with Crippen molar-refractivity contribution < 1.29 is 14.6 Å². The number of carboxylic acid groups (broad SMARTS) is 1. The van der Waals surface area contributed by atoms with Crippen molar-refractivity contribution in [1.82, 2.24) is 10.4 Å². The fourth-order valence-corrected chi connectivity index (χ4v) is 3.42. The van der Waals surface area contributed by atoms with Gasteiger partial charge in [0.15, 0.2) is 0 Å². The molecule has 3 heterocycles. The summed E-state index contributed by atoms with van der Waals surface area (Å²) in [5.74, 6) is -1.00. The van der Waals surface area contributed by atoms with E-state index in [9.17, 15) is 9.90 Å². The molecule has 7 nitrogen and oxygen atoms in total. The fraction of sp³-hybridized carbons (Fsp3) is 0.294. The van der Waals surface area contributed by atoms with Crippen LogP contribution < -0.4 is 15.8 Å². The molecule has 2 atom stereocenters. The number of benzene rings is 1. The maximum absolute atomic E-state index is 11.4. The molecular formula is C17H17ClN4O3. The van der Waals surface area contributed by atoms with Gasteiger partial charge in [0.2, 0.25) is 0 Å². The lowest BCUT2D eigenvalue weighted by atomic mass is 10.1. The standard InChI is InChI=1S/C17H17ClN4O3/c18-10-1-2-15-13(7-10)16(21-22(15)11-4-6-25-9-11)20-14-8-19-5-3-12(14)17(23)24/h1-3,5,7-8,11,16,20-21H,4,6,9H2,(H,23,24)/t11-,16?/m0/s1. The third-order valence-electron chi connectivity index (χ3n) is 4.45. The number of rotatable bonds is 4. The summed E-state index contributed by atoms with van der Waals surface area (Å²) in [5.41, 5.74) is 5.99. The van der Waals surface area contributed by atoms with Gasteiger partial charge in [-0.3, -0.25) is 4.98 Å². The molecule has 0 bridgehead atoms. The Bertz CT molecular complexity index is 810. The van der Waals surface area contributed by atoms with Gasteiger partial charge in [-0.2, -0.15) is 0 Å². The van der Waals surface area contributed by atoms with Gasteiger partial charge < -0.3 is 20.2 Å². The minimum Gasteiger partial charge on any atom is -0.478 e. The monoisotopic (exact) mass is 360 g/mol. The van der Waals surface area contributed by atoms with Crippen LogP contribution in [0, 0.1) is 0 Å². The molecule has 1 aromatic carbocycles. The summed E-state index contributed by atoms with van der Waals surface area (Å²) in [6, 6.07) is 7.39. The van der Waals surface area contributed by atoms with E-state index in [-0.39, 0.29) is 17.8 Å². The Labute approximate surface area is 149 Å². The van der Waals surface area contributed by atoms with E-state index in [1.54, 1.807) is 0 Å². The van der Waals surface area contributed by atoms with Crippen LogP contribution in [0.1, 0.15) is 28.5 Å². The number of nitrogens with one attached hydrogen (secondary N) is 2. The van der Waals surface area contributed by atoms with Gasteiger partial charge >= 0.3 is 5.97 Å². The highest BCUT2D eigenvalue weighted by Gasteiger charge is 2.35. The third-order valence-corrected chi connectivity index (χ3v) is 4.69. The Morgan fingerprint density at radius 2 is 2.32 bits per heavy atom. The zero-order valence-corrected chi connectivity index (χ0v) is 14.0. The van der Waals surface area contributed by atoms with E-state index in [4.69, 9.17) is 16.3 Å². The van der Waals surface area contributed by atoms with Crippen molar-refractivity contribution in [2.75, 3.05) is 23.5 Å². The number of halogens is 1. The lowest BCUT2D eigenvalue weighted by Gasteiger charge is -2.27. The quantitative estimate of drug-likeness (QED) is 0.772. The van der Waals surface area contributed by atoms with Gasteiger partial charge in [0, 0.05) is 23.4 Å². The maximum atomic E-state index is 11.4. The van der Waals surface area contributed by atoms with Crippen LogP contribution in [0.25, 0.3) is 0 Å². The van der Waals surface area contributed by atoms with E-state index in [1.807, 2.05) is 18.2 Å². The molecule has 0 radical (unpaired) electrons. The molecule has 2 aliphatic rings. The number of carbonyl (C=O) groups is 1. The van der Waals surface area contributed by atoms with Crippen molar-refractivity contribution in [3.63, 3.8) is 0 Å². The number of fused-ring (bicyclic) bond motifs is 1. The molecular weight excluding hydrogens is 344 g/mol. The van der Waals surface area contributed by atoms with E-state index < -0.39 is 5.97 Å². The van der Waals surface area contributed by atoms with Crippen LogP contribution in [0.2, 0.25) is 5.02 Å². The minimum atomic E-state index is -1.00. The van der Waals surface area contributed by atoms with Gasteiger partial charge in [-0.05, 0) is 30.7 Å². The largest absolute Gasteiger partial charge is 0.478 e. The number of carboxylic acids is 1. The van der Waals surface area contributed by atoms with E-state index >= 15 is 0 Å². The number of hydrogen-bond donors (Lipinski definition) is 3. The molecule has 25 heavy (non-hydrogen) atoms. The topological polar surface area (TPSA) is 86.7 Å². The van der Waals surface area contributed by atoms with Gasteiger partial charge in [0.1, 0.15) is 6.17 Å². The summed E-state index contributed by atoms with van der Waals surface area (Å²) in [7, 11) is 0. The lowest BCUT2D eigenvalue weighted by molar-refractivity contribution is 0.0697. The summed E-state index contributed by atoms with van der Waals surface area (Å²) in [6.07, 6.45) is 3.59. The van der Waals surface area contributed by atoms with Crippen molar-refractivity contribution in [2.45, 2.75) is 18.6 Å². The van der Waals surface area contributed by atoms with Gasteiger partial charge in [-0.15, -0.1) is 0 Å². The number of aromatic nitrogens is 1. The van der Waals surface area contributed by atoms with Crippen molar-refractivity contribution in [2.24, 2.45) is 0 Å².